The molecule has 8 rings (SSSR count). The van der Waals surface area contributed by atoms with Crippen molar-refractivity contribution in [3.63, 3.8) is 0 Å². The topological polar surface area (TPSA) is 3.24 Å². The van der Waals surface area contributed by atoms with Crippen molar-refractivity contribution in [3.8, 4) is 22.3 Å². The smallest absolute Gasteiger partial charge is 0.0468 e. The molecule has 0 fully saturated rings. The molecule has 200 valence electrons. The SMILES string of the molecule is CC1(C)c2ccc(N(c3ccccc3)c3ccc(-c4ccc5ccccc5c4)cc3)cc2-c2cc3ccccc3cc21. The van der Waals surface area contributed by atoms with Crippen LogP contribution in [0.2, 0.25) is 0 Å². The Morgan fingerprint density at radius 2 is 0.929 bits per heavy atom. The Hall–Kier alpha value is -5.14. The average molecular weight is 538 g/mol. The van der Waals surface area contributed by atoms with Crippen molar-refractivity contribution >= 4 is 38.6 Å². The van der Waals surface area contributed by atoms with E-state index >= 15 is 0 Å². The fourth-order valence-electron chi connectivity index (χ4n) is 6.76. The number of benzene rings is 7. The van der Waals surface area contributed by atoms with Gasteiger partial charge < -0.3 is 4.90 Å². The maximum Gasteiger partial charge on any atom is 0.0468 e. The Morgan fingerprint density at radius 3 is 1.67 bits per heavy atom. The van der Waals surface area contributed by atoms with Crippen LogP contribution >= 0.6 is 0 Å². The Kier molecular flexibility index (Phi) is 5.55. The van der Waals surface area contributed by atoms with Crippen molar-refractivity contribution in [3.05, 3.63) is 163 Å². The zero-order valence-corrected chi connectivity index (χ0v) is 23.9. The fraction of sp³-hybridized carbons (Fsp3) is 0.0732. The van der Waals surface area contributed by atoms with E-state index in [0.717, 1.165) is 17.1 Å². The number of anilines is 3. The van der Waals surface area contributed by atoms with Crippen LogP contribution in [-0.2, 0) is 5.41 Å². The first-order valence-electron chi connectivity index (χ1n) is 14.7. The third kappa shape index (κ3) is 3.93. The van der Waals surface area contributed by atoms with Crippen LogP contribution in [0.4, 0.5) is 17.1 Å². The molecule has 1 aliphatic carbocycles. The highest BCUT2D eigenvalue weighted by molar-refractivity contribution is 5.95. The summed E-state index contributed by atoms with van der Waals surface area (Å²) < 4.78 is 0. The minimum Gasteiger partial charge on any atom is -0.310 e. The number of hydrogen-bond acceptors (Lipinski definition) is 1. The molecular formula is C41H31N. The molecule has 0 N–H and O–H groups in total. The van der Waals surface area contributed by atoms with Crippen molar-refractivity contribution in [2.75, 3.05) is 4.90 Å². The molecule has 0 aliphatic heterocycles. The fourth-order valence-corrected chi connectivity index (χ4v) is 6.76. The third-order valence-corrected chi connectivity index (χ3v) is 9.01. The summed E-state index contributed by atoms with van der Waals surface area (Å²) in [7, 11) is 0. The molecule has 0 bridgehead atoms. The molecule has 1 aliphatic rings. The van der Waals surface area contributed by atoms with E-state index in [2.05, 4.69) is 170 Å². The highest BCUT2D eigenvalue weighted by Crippen LogP contribution is 2.51. The Morgan fingerprint density at radius 1 is 0.381 bits per heavy atom. The summed E-state index contributed by atoms with van der Waals surface area (Å²) in [5.74, 6) is 0. The van der Waals surface area contributed by atoms with Gasteiger partial charge in [0.1, 0.15) is 0 Å². The molecule has 0 unspecified atom stereocenters. The second kappa shape index (κ2) is 9.46. The Balaban J connectivity index is 1.24. The van der Waals surface area contributed by atoms with Gasteiger partial charge in [-0.25, -0.2) is 0 Å². The monoisotopic (exact) mass is 537 g/mol. The standard InChI is InChI=1S/C41H31N/c1-41(2)39-23-22-36(27-38(39)37-25-31-12-8-9-13-32(31)26-40(37)41)42(34-14-4-3-5-15-34)35-20-18-29(19-21-35)33-17-16-28-10-6-7-11-30(28)24-33/h3-27H,1-2H3. The van der Waals surface area contributed by atoms with Gasteiger partial charge in [0, 0.05) is 22.5 Å². The Labute approximate surface area is 247 Å². The molecule has 1 nitrogen and oxygen atoms in total. The van der Waals surface area contributed by atoms with Crippen LogP contribution < -0.4 is 4.90 Å². The normalized spacial score (nSPS) is 13.2. The van der Waals surface area contributed by atoms with E-state index in [1.807, 2.05) is 0 Å². The molecule has 0 heterocycles. The molecule has 1 heteroatoms. The van der Waals surface area contributed by atoms with Crippen LogP contribution in [0.15, 0.2) is 152 Å². The van der Waals surface area contributed by atoms with Crippen LogP contribution in [0.5, 0.6) is 0 Å². The van der Waals surface area contributed by atoms with Gasteiger partial charge in [0.15, 0.2) is 0 Å². The van der Waals surface area contributed by atoms with Crippen molar-refractivity contribution < 1.29 is 0 Å². The second-order valence-corrected chi connectivity index (χ2v) is 11.9. The van der Waals surface area contributed by atoms with E-state index in [0.29, 0.717) is 0 Å². The maximum absolute atomic E-state index is 2.39. The number of rotatable bonds is 4. The van der Waals surface area contributed by atoms with E-state index in [-0.39, 0.29) is 5.41 Å². The van der Waals surface area contributed by atoms with Crippen LogP contribution in [0.25, 0.3) is 43.8 Å². The molecule has 0 aromatic heterocycles. The number of nitrogens with zero attached hydrogens (tertiary/aromatic N) is 1. The summed E-state index contributed by atoms with van der Waals surface area (Å²) in [4.78, 5) is 2.37. The minimum absolute atomic E-state index is 0.0493. The summed E-state index contributed by atoms with van der Waals surface area (Å²) in [6.07, 6.45) is 0. The number of fused-ring (bicyclic) bond motifs is 5. The molecule has 0 saturated carbocycles. The van der Waals surface area contributed by atoms with E-state index in [9.17, 15) is 0 Å². The van der Waals surface area contributed by atoms with Crippen LogP contribution in [-0.4, -0.2) is 0 Å². The second-order valence-electron chi connectivity index (χ2n) is 11.9. The third-order valence-electron chi connectivity index (χ3n) is 9.01. The lowest BCUT2D eigenvalue weighted by atomic mass is 9.82. The molecule has 0 atom stereocenters. The van der Waals surface area contributed by atoms with Gasteiger partial charge in [-0.3, -0.25) is 0 Å². The summed E-state index contributed by atoms with van der Waals surface area (Å²) >= 11 is 0. The lowest BCUT2D eigenvalue weighted by molar-refractivity contribution is 0.661. The van der Waals surface area contributed by atoms with Gasteiger partial charge in [-0.1, -0.05) is 111 Å². The zero-order chi connectivity index (χ0) is 28.3. The van der Waals surface area contributed by atoms with Crippen molar-refractivity contribution in [1.82, 2.24) is 0 Å². The average Bonchev–Trinajstić information content (AvgIpc) is 3.26. The quantitative estimate of drug-likeness (QED) is 0.216. The number of hydrogen-bond donors (Lipinski definition) is 0. The summed E-state index contributed by atoms with van der Waals surface area (Å²) in [5, 5.41) is 5.12. The van der Waals surface area contributed by atoms with Crippen LogP contribution in [0, 0.1) is 0 Å². The van der Waals surface area contributed by atoms with Gasteiger partial charge >= 0.3 is 0 Å². The molecule has 7 aromatic carbocycles. The van der Waals surface area contributed by atoms with Gasteiger partial charge in [-0.2, -0.15) is 0 Å². The van der Waals surface area contributed by atoms with Gasteiger partial charge in [0.25, 0.3) is 0 Å². The predicted molar refractivity (Wildman–Crippen MR) is 179 cm³/mol. The van der Waals surface area contributed by atoms with E-state index in [4.69, 9.17) is 0 Å². The molecule has 0 amide bonds. The Bertz CT molecular complexity index is 2100. The van der Waals surface area contributed by atoms with E-state index < -0.39 is 0 Å². The summed E-state index contributed by atoms with van der Waals surface area (Å²) in [6, 6.07) is 55.4. The van der Waals surface area contributed by atoms with Crippen molar-refractivity contribution in [1.29, 1.82) is 0 Å². The molecular weight excluding hydrogens is 506 g/mol. The molecule has 7 aromatic rings. The first kappa shape index (κ1) is 24.6. The van der Waals surface area contributed by atoms with Gasteiger partial charge in [0.2, 0.25) is 0 Å². The largest absolute Gasteiger partial charge is 0.310 e. The zero-order valence-electron chi connectivity index (χ0n) is 23.9. The van der Waals surface area contributed by atoms with Crippen LogP contribution in [0.1, 0.15) is 25.0 Å². The molecule has 0 spiro atoms. The van der Waals surface area contributed by atoms with Crippen molar-refractivity contribution in [2.45, 2.75) is 19.3 Å². The first-order chi connectivity index (χ1) is 20.6. The molecule has 42 heavy (non-hydrogen) atoms. The molecule has 0 saturated heterocycles. The molecule has 0 radical (unpaired) electrons. The first-order valence-corrected chi connectivity index (χ1v) is 14.7. The van der Waals surface area contributed by atoms with Gasteiger partial charge in [-0.15, -0.1) is 0 Å². The number of para-hydroxylation sites is 1. The lowest BCUT2D eigenvalue weighted by Gasteiger charge is -2.27. The van der Waals surface area contributed by atoms with Crippen LogP contribution in [0.3, 0.4) is 0 Å². The van der Waals surface area contributed by atoms with Gasteiger partial charge in [-0.05, 0) is 110 Å². The van der Waals surface area contributed by atoms with E-state index in [1.54, 1.807) is 0 Å². The van der Waals surface area contributed by atoms with E-state index in [1.165, 1.54) is 54.9 Å². The lowest BCUT2D eigenvalue weighted by Crippen LogP contribution is -2.15. The van der Waals surface area contributed by atoms with Gasteiger partial charge in [0.05, 0.1) is 0 Å². The minimum atomic E-state index is -0.0493. The highest BCUT2D eigenvalue weighted by atomic mass is 15.1. The highest BCUT2D eigenvalue weighted by Gasteiger charge is 2.36. The van der Waals surface area contributed by atoms with Crippen molar-refractivity contribution in [2.24, 2.45) is 0 Å². The summed E-state index contributed by atoms with van der Waals surface area (Å²) in [6.45, 7) is 4.71. The maximum atomic E-state index is 2.39. The predicted octanol–water partition coefficient (Wildman–Crippen LogP) is 11.4. The summed E-state index contributed by atoms with van der Waals surface area (Å²) in [5.41, 5.74) is 11.3.